The van der Waals surface area contributed by atoms with E-state index in [1.54, 1.807) is 31.0 Å². The molecule has 0 spiro atoms. The Bertz CT molecular complexity index is 807. The van der Waals surface area contributed by atoms with E-state index in [0.717, 1.165) is 17.0 Å². The van der Waals surface area contributed by atoms with Gasteiger partial charge in [-0.15, -0.1) is 0 Å². The van der Waals surface area contributed by atoms with Crippen LogP contribution in [0.2, 0.25) is 0 Å². The Morgan fingerprint density at radius 3 is 2.55 bits per heavy atom. The second kappa shape index (κ2) is 5.52. The number of methoxy groups -OCH3 is 1. The van der Waals surface area contributed by atoms with Gasteiger partial charge in [0.15, 0.2) is 0 Å². The number of benzene rings is 2. The van der Waals surface area contributed by atoms with Crippen molar-refractivity contribution in [1.29, 1.82) is 5.41 Å². The van der Waals surface area contributed by atoms with Crippen LogP contribution in [0.1, 0.15) is 18.1 Å². The van der Waals surface area contributed by atoms with Crippen molar-refractivity contribution in [2.45, 2.75) is 6.92 Å². The maximum atomic E-state index is 13.3. The van der Waals surface area contributed by atoms with Crippen molar-refractivity contribution in [2.24, 2.45) is 5.10 Å². The van der Waals surface area contributed by atoms with Gasteiger partial charge in [-0.3, -0.25) is 5.41 Å². The third kappa shape index (κ3) is 2.41. The fourth-order valence-electron chi connectivity index (χ4n) is 2.43. The van der Waals surface area contributed by atoms with Crippen LogP contribution in [0.4, 0.5) is 10.1 Å². The monoisotopic (exact) mass is 296 g/mol. The predicted molar refractivity (Wildman–Crippen MR) is 84.4 cm³/mol. The molecule has 0 saturated carbocycles. The van der Waals surface area contributed by atoms with Gasteiger partial charge in [0, 0.05) is 6.07 Å². The number of hydrogen-bond acceptors (Lipinski definition) is 3. The highest BCUT2D eigenvalue weighted by Crippen LogP contribution is 2.25. The van der Waals surface area contributed by atoms with E-state index >= 15 is 0 Å². The second-order valence-electron chi connectivity index (χ2n) is 4.96. The number of fused-ring (bicyclic) bond motifs is 1. The summed E-state index contributed by atoms with van der Waals surface area (Å²) < 4.78 is 20.1. The van der Waals surface area contributed by atoms with E-state index in [1.807, 2.05) is 24.3 Å². The van der Waals surface area contributed by atoms with Gasteiger partial charge in [0.05, 0.1) is 18.2 Å². The minimum Gasteiger partial charge on any atom is -0.497 e. The lowest BCUT2D eigenvalue weighted by atomic mass is 10.1. The molecular formula is C17H15FN3O+. The van der Waals surface area contributed by atoms with Gasteiger partial charge in [-0.2, -0.15) is 0 Å². The molecule has 0 aliphatic carbocycles. The van der Waals surface area contributed by atoms with E-state index in [-0.39, 0.29) is 5.82 Å². The van der Waals surface area contributed by atoms with Crippen LogP contribution in [0.25, 0.3) is 0 Å². The maximum Gasteiger partial charge on any atom is 0.266 e. The molecule has 5 heteroatoms. The second-order valence-corrected chi connectivity index (χ2v) is 4.96. The summed E-state index contributed by atoms with van der Waals surface area (Å²) in [5, 5.41) is 12.4. The zero-order valence-electron chi connectivity index (χ0n) is 12.3. The standard InChI is InChI=1S/C17H15FN3O/c1-11(19)17(12-3-6-15(22-2)7-4-12)21-16-8-5-14(18)9-13(16)10-20-21/h3-10,19H,1-2H3/q+1/b19-11?,21-17+. The van der Waals surface area contributed by atoms with Crippen molar-refractivity contribution in [3.05, 3.63) is 59.4 Å². The Balaban J connectivity index is 2.17. The first-order valence-corrected chi connectivity index (χ1v) is 6.80. The summed E-state index contributed by atoms with van der Waals surface area (Å²) in [6.45, 7) is 1.70. The zero-order valence-corrected chi connectivity index (χ0v) is 12.3. The Morgan fingerprint density at radius 1 is 1.18 bits per heavy atom. The van der Waals surface area contributed by atoms with Crippen molar-refractivity contribution in [3.8, 4) is 5.75 Å². The van der Waals surface area contributed by atoms with Gasteiger partial charge in [-0.1, -0.05) is 0 Å². The van der Waals surface area contributed by atoms with Crippen LogP contribution in [0, 0.1) is 11.2 Å². The van der Waals surface area contributed by atoms with Crippen LogP contribution in [0.5, 0.6) is 5.75 Å². The zero-order chi connectivity index (χ0) is 15.7. The Labute approximate surface area is 127 Å². The van der Waals surface area contributed by atoms with Gasteiger partial charge in [0.2, 0.25) is 5.69 Å². The molecule has 1 N–H and O–H groups in total. The fourth-order valence-corrected chi connectivity index (χ4v) is 2.43. The molecule has 1 heterocycles. The summed E-state index contributed by atoms with van der Waals surface area (Å²) in [6.07, 6.45) is 1.60. The summed E-state index contributed by atoms with van der Waals surface area (Å²) in [7, 11) is 1.61. The Kier molecular flexibility index (Phi) is 3.55. The van der Waals surface area contributed by atoms with E-state index in [1.165, 1.54) is 12.1 Å². The van der Waals surface area contributed by atoms with E-state index in [9.17, 15) is 4.39 Å². The van der Waals surface area contributed by atoms with Crippen LogP contribution < -0.4 is 4.74 Å². The van der Waals surface area contributed by atoms with Crippen molar-refractivity contribution in [1.82, 2.24) is 0 Å². The summed E-state index contributed by atoms with van der Waals surface area (Å²) in [4.78, 5) is 0. The maximum absolute atomic E-state index is 13.3. The molecule has 0 bridgehead atoms. The van der Waals surface area contributed by atoms with Crippen molar-refractivity contribution in [2.75, 3.05) is 7.11 Å². The van der Waals surface area contributed by atoms with E-state index < -0.39 is 0 Å². The van der Waals surface area contributed by atoms with Crippen molar-refractivity contribution < 1.29 is 13.8 Å². The first-order valence-electron chi connectivity index (χ1n) is 6.80. The molecule has 1 aliphatic heterocycles. The molecule has 1 aliphatic rings. The number of rotatable bonds is 3. The predicted octanol–water partition coefficient (Wildman–Crippen LogP) is 3.35. The van der Waals surface area contributed by atoms with Gasteiger partial charge < -0.3 is 4.74 Å². The van der Waals surface area contributed by atoms with Crippen molar-refractivity contribution >= 4 is 23.3 Å². The van der Waals surface area contributed by atoms with Crippen LogP contribution in [-0.4, -0.2) is 29.4 Å². The third-order valence-corrected chi connectivity index (χ3v) is 3.46. The summed E-state index contributed by atoms with van der Waals surface area (Å²) in [5.74, 6) is 0.447. The van der Waals surface area contributed by atoms with E-state index in [4.69, 9.17) is 10.1 Å². The van der Waals surface area contributed by atoms with Gasteiger partial charge in [0.25, 0.3) is 5.71 Å². The molecule has 4 nitrogen and oxygen atoms in total. The number of ether oxygens (including phenoxy) is 1. The molecule has 2 aromatic carbocycles. The number of nitrogens with zero attached hydrogens (tertiary/aromatic N) is 2. The molecule has 110 valence electrons. The average molecular weight is 296 g/mol. The first-order chi connectivity index (χ1) is 10.6. The van der Waals surface area contributed by atoms with Gasteiger partial charge >= 0.3 is 0 Å². The normalized spacial score (nSPS) is 14.7. The quantitative estimate of drug-likeness (QED) is 0.685. The summed E-state index contributed by atoms with van der Waals surface area (Å²) >= 11 is 0. The fraction of sp³-hybridized carbons (Fsp3) is 0.118. The minimum absolute atomic E-state index is 0.301. The lowest BCUT2D eigenvalue weighted by molar-refractivity contribution is -0.438. The highest BCUT2D eigenvalue weighted by atomic mass is 19.1. The number of halogens is 1. The lowest BCUT2D eigenvalue weighted by Crippen LogP contribution is -2.20. The lowest BCUT2D eigenvalue weighted by Gasteiger charge is -2.04. The van der Waals surface area contributed by atoms with Crippen LogP contribution in [-0.2, 0) is 0 Å². The first kappa shape index (κ1) is 14.1. The highest BCUT2D eigenvalue weighted by molar-refractivity contribution is 6.44. The number of nitrogens with one attached hydrogen (secondary N) is 1. The smallest absolute Gasteiger partial charge is 0.266 e. The molecule has 0 fully saturated rings. The Hall–Kier alpha value is -2.82. The van der Waals surface area contributed by atoms with Crippen LogP contribution in [0.3, 0.4) is 0 Å². The average Bonchev–Trinajstić information content (AvgIpc) is 2.90. The van der Waals surface area contributed by atoms with Crippen molar-refractivity contribution in [3.63, 3.8) is 0 Å². The molecule has 0 radical (unpaired) electrons. The molecule has 0 unspecified atom stereocenters. The molecule has 0 amide bonds. The highest BCUT2D eigenvalue weighted by Gasteiger charge is 2.28. The molecule has 0 atom stereocenters. The Morgan fingerprint density at radius 2 is 1.91 bits per heavy atom. The minimum atomic E-state index is -0.301. The molecule has 2 aromatic rings. The molecule has 0 aromatic heterocycles. The van der Waals surface area contributed by atoms with E-state index in [2.05, 4.69) is 5.10 Å². The van der Waals surface area contributed by atoms with Gasteiger partial charge in [-0.25, -0.2) is 4.39 Å². The van der Waals surface area contributed by atoms with E-state index in [0.29, 0.717) is 17.0 Å². The molecule has 22 heavy (non-hydrogen) atoms. The summed E-state index contributed by atoms with van der Waals surface area (Å²) in [6, 6.07) is 11.9. The number of hydrogen-bond donors (Lipinski definition) is 1. The SMILES string of the molecule is COc1ccc(/C(C(C)=N)=[N+]2/N=Cc3cc(F)ccc32)cc1. The summed E-state index contributed by atoms with van der Waals surface area (Å²) in [5.41, 5.74) is 3.34. The van der Waals surface area contributed by atoms with Gasteiger partial charge in [0.1, 0.15) is 23.5 Å². The molecule has 0 saturated heterocycles. The van der Waals surface area contributed by atoms with Crippen LogP contribution in [0.15, 0.2) is 47.6 Å². The third-order valence-electron chi connectivity index (χ3n) is 3.46. The number of hydrazone groups is 1. The molecular weight excluding hydrogens is 281 g/mol. The van der Waals surface area contributed by atoms with Gasteiger partial charge in [-0.05, 0) is 53.1 Å². The topological polar surface area (TPSA) is 48.4 Å². The van der Waals surface area contributed by atoms with Crippen LogP contribution >= 0.6 is 0 Å². The largest absolute Gasteiger partial charge is 0.497 e. The molecule has 3 rings (SSSR count).